The largest absolute Gasteiger partial charge is 0.544 e. The van der Waals surface area contributed by atoms with Crippen LogP contribution in [0.15, 0.2) is 12.2 Å². The van der Waals surface area contributed by atoms with Gasteiger partial charge in [0.25, 0.3) is 0 Å². The minimum Gasteiger partial charge on any atom is -0.544 e. The van der Waals surface area contributed by atoms with Crippen molar-refractivity contribution in [3.8, 4) is 0 Å². The molecule has 0 aromatic heterocycles. The average molecular weight is 425 g/mol. The number of carbonyl (C=O) groups is 2. The number of carboxylic acid groups (broad SMARTS) is 1. The predicted octanol–water partition coefficient (Wildman–Crippen LogP) is 4.36. The summed E-state index contributed by atoms with van der Waals surface area (Å²) in [6, 6.07) is 0. The van der Waals surface area contributed by atoms with Crippen molar-refractivity contribution in [2.24, 2.45) is 0 Å². The summed E-state index contributed by atoms with van der Waals surface area (Å²) in [5.41, 5.74) is 0. The quantitative estimate of drug-likeness (QED) is 0.169. The molecule has 0 aliphatic carbocycles. The van der Waals surface area contributed by atoms with Crippen molar-refractivity contribution in [3.63, 3.8) is 0 Å². The Morgan fingerprint density at radius 1 is 0.800 bits per heavy atom. The maximum absolute atomic E-state index is 11.9. The topological polar surface area (TPSA) is 69.2 Å². The number of hydrogen-bond donors (Lipinski definition) is 1. The number of nitrogens with zero attached hydrogens (tertiary/aromatic N) is 1. The number of nitrogens with one attached hydrogen (secondary N) is 1. The normalized spacial score (nSPS) is 11.8. The molecule has 0 aromatic rings. The third kappa shape index (κ3) is 21.4. The lowest BCUT2D eigenvalue weighted by Crippen LogP contribution is -2.49. The fourth-order valence-corrected chi connectivity index (χ4v) is 3.61. The van der Waals surface area contributed by atoms with E-state index in [0.29, 0.717) is 24.0 Å². The van der Waals surface area contributed by atoms with Crippen LogP contribution in [0, 0.1) is 0 Å². The van der Waals surface area contributed by atoms with Crippen LogP contribution in [0.1, 0.15) is 103 Å². The van der Waals surface area contributed by atoms with Gasteiger partial charge in [0, 0.05) is 19.4 Å². The van der Waals surface area contributed by atoms with Crippen LogP contribution in [-0.4, -0.2) is 50.1 Å². The van der Waals surface area contributed by atoms with Crippen LogP contribution in [-0.2, 0) is 9.59 Å². The van der Waals surface area contributed by atoms with E-state index in [9.17, 15) is 14.7 Å². The molecule has 0 spiro atoms. The Labute approximate surface area is 185 Å². The van der Waals surface area contributed by atoms with Crippen LogP contribution in [0.25, 0.3) is 0 Å². The number of quaternary nitrogens is 1. The molecule has 0 aliphatic heterocycles. The number of amides is 1. The predicted molar refractivity (Wildman–Crippen MR) is 124 cm³/mol. The van der Waals surface area contributed by atoms with E-state index in [2.05, 4.69) is 24.4 Å². The molecular weight excluding hydrogens is 376 g/mol. The molecule has 0 saturated carbocycles. The standard InChI is InChI=1S/C25H48N2O3/c1-4-5-6-7-8-9-10-11-12-13-14-15-16-17-18-20-24(28)26-21-19-22-27(2,3)23-25(29)30/h9-10H,4-8,11-23H2,1-3H3,(H-,26,28,29,30)/b10-9+. The first-order valence-corrected chi connectivity index (χ1v) is 12.3. The van der Waals surface area contributed by atoms with Crippen molar-refractivity contribution in [1.82, 2.24) is 5.32 Å². The first kappa shape index (κ1) is 28.6. The Morgan fingerprint density at radius 3 is 1.90 bits per heavy atom. The highest BCUT2D eigenvalue weighted by Crippen LogP contribution is 2.10. The smallest absolute Gasteiger partial charge is 0.219 e. The van der Waals surface area contributed by atoms with E-state index in [4.69, 9.17) is 0 Å². The van der Waals surface area contributed by atoms with Crippen molar-refractivity contribution >= 4 is 11.9 Å². The van der Waals surface area contributed by atoms with Gasteiger partial charge in [-0.1, -0.05) is 70.4 Å². The van der Waals surface area contributed by atoms with Crippen molar-refractivity contribution < 1.29 is 19.2 Å². The summed E-state index contributed by atoms with van der Waals surface area (Å²) >= 11 is 0. The van der Waals surface area contributed by atoms with E-state index in [0.717, 1.165) is 19.3 Å². The molecule has 0 radical (unpaired) electrons. The fraction of sp³-hybridized carbons (Fsp3) is 0.840. The Bertz CT molecular complexity index is 461. The third-order valence-electron chi connectivity index (χ3n) is 5.49. The molecule has 30 heavy (non-hydrogen) atoms. The zero-order valence-electron chi connectivity index (χ0n) is 20.1. The SMILES string of the molecule is CCCCCC/C=C/CCCCCCCCCC(=O)NCCC[N+](C)(C)CC(=O)[O-]. The number of aliphatic carboxylic acids is 1. The Kier molecular flexibility index (Phi) is 18.7. The number of hydrogen-bond acceptors (Lipinski definition) is 3. The van der Waals surface area contributed by atoms with E-state index < -0.39 is 5.97 Å². The monoisotopic (exact) mass is 424 g/mol. The summed E-state index contributed by atoms with van der Waals surface area (Å²) in [5.74, 6) is -0.921. The summed E-state index contributed by atoms with van der Waals surface area (Å²) in [6.07, 6.45) is 22.4. The molecule has 0 saturated heterocycles. The molecule has 5 nitrogen and oxygen atoms in total. The van der Waals surface area contributed by atoms with Gasteiger partial charge in [-0.3, -0.25) is 4.79 Å². The van der Waals surface area contributed by atoms with E-state index in [1.54, 1.807) is 0 Å². The summed E-state index contributed by atoms with van der Waals surface area (Å²) in [6.45, 7) is 3.58. The van der Waals surface area contributed by atoms with Crippen molar-refractivity contribution in [2.45, 2.75) is 103 Å². The lowest BCUT2D eigenvalue weighted by atomic mass is 10.1. The summed E-state index contributed by atoms with van der Waals surface area (Å²) in [7, 11) is 3.73. The van der Waals surface area contributed by atoms with Crippen LogP contribution in [0.3, 0.4) is 0 Å². The molecule has 1 N–H and O–H groups in total. The Hall–Kier alpha value is -1.36. The van der Waals surface area contributed by atoms with Gasteiger partial charge in [0.05, 0.1) is 26.6 Å². The van der Waals surface area contributed by atoms with Gasteiger partial charge in [-0.15, -0.1) is 0 Å². The van der Waals surface area contributed by atoms with Crippen molar-refractivity contribution in [1.29, 1.82) is 0 Å². The molecule has 0 bridgehead atoms. The van der Waals surface area contributed by atoms with Crippen LogP contribution in [0.2, 0.25) is 0 Å². The zero-order valence-corrected chi connectivity index (χ0v) is 20.1. The second kappa shape index (κ2) is 19.6. The molecule has 1 amide bonds. The molecule has 0 aliphatic rings. The molecular formula is C25H48N2O3. The molecule has 0 atom stereocenters. The number of allylic oxidation sites excluding steroid dienone is 2. The van der Waals surface area contributed by atoms with Crippen LogP contribution < -0.4 is 10.4 Å². The summed E-state index contributed by atoms with van der Waals surface area (Å²) < 4.78 is 0.382. The van der Waals surface area contributed by atoms with Crippen LogP contribution >= 0.6 is 0 Å². The minimum absolute atomic E-state index is 0.00374. The van der Waals surface area contributed by atoms with E-state index in [1.165, 1.54) is 70.6 Å². The Balaban J connectivity index is 3.37. The zero-order chi connectivity index (χ0) is 22.5. The number of carboxylic acids is 1. The molecule has 0 aromatic carbocycles. The molecule has 5 heteroatoms. The van der Waals surface area contributed by atoms with E-state index >= 15 is 0 Å². The van der Waals surface area contributed by atoms with Gasteiger partial charge in [0.1, 0.15) is 6.54 Å². The van der Waals surface area contributed by atoms with Gasteiger partial charge in [0.2, 0.25) is 5.91 Å². The van der Waals surface area contributed by atoms with Gasteiger partial charge in [0.15, 0.2) is 0 Å². The second-order valence-corrected chi connectivity index (χ2v) is 9.23. The fourth-order valence-electron chi connectivity index (χ4n) is 3.61. The van der Waals surface area contributed by atoms with Crippen LogP contribution in [0.4, 0.5) is 0 Å². The lowest BCUT2D eigenvalue weighted by molar-refractivity contribution is -0.884. The second-order valence-electron chi connectivity index (χ2n) is 9.23. The third-order valence-corrected chi connectivity index (χ3v) is 5.49. The van der Waals surface area contributed by atoms with Crippen molar-refractivity contribution in [3.05, 3.63) is 12.2 Å². The maximum Gasteiger partial charge on any atom is 0.219 e. The van der Waals surface area contributed by atoms with E-state index in [-0.39, 0.29) is 12.5 Å². The molecule has 0 rings (SSSR count). The van der Waals surface area contributed by atoms with Gasteiger partial charge in [-0.2, -0.15) is 0 Å². The highest BCUT2D eigenvalue weighted by molar-refractivity contribution is 5.75. The minimum atomic E-state index is -1.03. The van der Waals surface area contributed by atoms with Gasteiger partial charge in [-0.25, -0.2) is 0 Å². The summed E-state index contributed by atoms with van der Waals surface area (Å²) in [5, 5.41) is 13.6. The molecule has 176 valence electrons. The molecule has 0 unspecified atom stereocenters. The number of unbranched alkanes of at least 4 members (excludes halogenated alkanes) is 11. The van der Waals surface area contributed by atoms with Crippen molar-refractivity contribution in [2.75, 3.05) is 33.7 Å². The molecule has 0 heterocycles. The first-order valence-electron chi connectivity index (χ1n) is 12.3. The van der Waals surface area contributed by atoms with Gasteiger partial charge < -0.3 is 19.7 Å². The van der Waals surface area contributed by atoms with E-state index in [1.807, 2.05) is 14.1 Å². The average Bonchev–Trinajstić information content (AvgIpc) is 2.67. The lowest BCUT2D eigenvalue weighted by Gasteiger charge is -2.30. The number of carbonyl (C=O) groups excluding carboxylic acids is 2. The highest BCUT2D eigenvalue weighted by atomic mass is 16.4. The first-order chi connectivity index (χ1) is 14.4. The molecule has 0 fully saturated rings. The maximum atomic E-state index is 11.9. The Morgan fingerprint density at radius 2 is 1.33 bits per heavy atom. The van der Waals surface area contributed by atoms with Gasteiger partial charge in [-0.05, 0) is 32.1 Å². The summed E-state index contributed by atoms with van der Waals surface area (Å²) in [4.78, 5) is 22.5. The number of rotatable bonds is 21. The highest BCUT2D eigenvalue weighted by Gasteiger charge is 2.14. The number of likely N-dealkylation sites (N-methyl/N-ethyl adjacent to an activating group) is 1. The van der Waals surface area contributed by atoms with Crippen LogP contribution in [0.5, 0.6) is 0 Å². The van der Waals surface area contributed by atoms with Gasteiger partial charge >= 0.3 is 0 Å².